The van der Waals surface area contributed by atoms with Crippen molar-refractivity contribution >= 4 is 21.7 Å². The number of likely N-dealkylation sites (N-methyl/N-ethyl adjacent to an activating group) is 1. The van der Waals surface area contributed by atoms with E-state index in [0.717, 1.165) is 21.1 Å². The van der Waals surface area contributed by atoms with Gasteiger partial charge in [0.15, 0.2) is 0 Å². The van der Waals surface area contributed by atoms with Crippen LogP contribution in [0.1, 0.15) is 11.3 Å². The van der Waals surface area contributed by atoms with Gasteiger partial charge in [-0.1, -0.05) is 24.3 Å². The molecule has 0 bridgehead atoms. The summed E-state index contributed by atoms with van der Waals surface area (Å²) in [6, 6.07) is 13.6. The van der Waals surface area contributed by atoms with Crippen molar-refractivity contribution in [3.8, 4) is 5.69 Å². The smallest absolute Gasteiger partial charge is 0.309 e. The fourth-order valence-electron chi connectivity index (χ4n) is 2.84. The third kappa shape index (κ3) is 5.12. The zero-order chi connectivity index (χ0) is 22.8. The Bertz CT molecular complexity index is 1190. The Hall–Kier alpha value is -3.18. The van der Waals surface area contributed by atoms with Crippen LogP contribution in [-0.4, -0.2) is 42.0 Å². The highest BCUT2D eigenvalue weighted by Crippen LogP contribution is 2.31. The minimum absolute atomic E-state index is 0.0372. The molecule has 3 rings (SSSR count). The van der Waals surface area contributed by atoms with Gasteiger partial charge in [0, 0.05) is 13.1 Å². The van der Waals surface area contributed by atoms with Gasteiger partial charge in [-0.3, -0.25) is 4.79 Å². The number of halogens is 3. The number of nitrogens with one attached hydrogen (secondary N) is 1. The molecule has 1 heterocycles. The molecule has 0 saturated carbocycles. The summed E-state index contributed by atoms with van der Waals surface area (Å²) in [5, 5.41) is 6.65. The Kier molecular flexibility index (Phi) is 6.18. The lowest BCUT2D eigenvalue weighted by Gasteiger charge is -2.17. The molecule has 3 aromatic rings. The van der Waals surface area contributed by atoms with E-state index in [0.29, 0.717) is 5.69 Å². The summed E-state index contributed by atoms with van der Waals surface area (Å²) in [6.45, 7) is 1.12. The van der Waals surface area contributed by atoms with E-state index < -0.39 is 34.2 Å². The molecule has 0 saturated heterocycles. The topological polar surface area (TPSA) is 84.3 Å². The SMILES string of the molecule is Cc1cc(NC(=O)CN(C)S(=O)(=O)c2ccccc2)n(-c2cccc(C(F)(F)F)c2)n1. The lowest BCUT2D eigenvalue weighted by molar-refractivity contribution is -0.137. The highest BCUT2D eigenvalue weighted by molar-refractivity contribution is 7.89. The number of alkyl halides is 3. The summed E-state index contributed by atoms with van der Waals surface area (Å²) in [5.41, 5.74) is -0.300. The van der Waals surface area contributed by atoms with Gasteiger partial charge in [-0.2, -0.15) is 22.6 Å². The molecule has 0 aliphatic heterocycles. The van der Waals surface area contributed by atoms with Crippen LogP contribution in [-0.2, 0) is 21.0 Å². The molecule has 0 fully saturated rings. The largest absolute Gasteiger partial charge is 0.416 e. The van der Waals surface area contributed by atoms with Crippen LogP contribution in [0.3, 0.4) is 0 Å². The molecule has 0 atom stereocenters. The Morgan fingerprint density at radius 3 is 2.42 bits per heavy atom. The van der Waals surface area contributed by atoms with E-state index in [1.54, 1.807) is 25.1 Å². The van der Waals surface area contributed by atoms with Crippen LogP contribution in [0, 0.1) is 6.92 Å². The molecule has 0 spiro atoms. The Balaban J connectivity index is 1.81. The summed E-state index contributed by atoms with van der Waals surface area (Å²) in [5.74, 6) is -0.553. The summed E-state index contributed by atoms with van der Waals surface area (Å²) < 4.78 is 66.3. The standard InChI is InChI=1S/C20H19F3N4O3S/c1-14-11-18(27(25-14)16-8-6-7-15(12-16)20(21,22)23)24-19(28)13-26(2)31(29,30)17-9-4-3-5-10-17/h3-12H,13H2,1-2H3,(H,24,28). The molecule has 0 unspecified atom stereocenters. The van der Waals surface area contributed by atoms with E-state index in [4.69, 9.17) is 0 Å². The first-order valence-electron chi connectivity index (χ1n) is 9.04. The van der Waals surface area contributed by atoms with Crippen molar-refractivity contribution in [1.29, 1.82) is 0 Å². The molecule has 31 heavy (non-hydrogen) atoms. The first-order valence-corrected chi connectivity index (χ1v) is 10.5. The van der Waals surface area contributed by atoms with E-state index in [-0.39, 0.29) is 16.4 Å². The van der Waals surface area contributed by atoms with Crippen LogP contribution in [0.2, 0.25) is 0 Å². The van der Waals surface area contributed by atoms with Crippen LogP contribution in [0.4, 0.5) is 19.0 Å². The average Bonchev–Trinajstić information content (AvgIpc) is 3.08. The monoisotopic (exact) mass is 452 g/mol. The van der Waals surface area contributed by atoms with E-state index in [2.05, 4.69) is 10.4 Å². The number of carbonyl (C=O) groups is 1. The average molecular weight is 452 g/mol. The van der Waals surface area contributed by atoms with Crippen molar-refractivity contribution in [2.75, 3.05) is 18.9 Å². The van der Waals surface area contributed by atoms with Crippen LogP contribution >= 0.6 is 0 Å². The van der Waals surface area contributed by atoms with E-state index in [9.17, 15) is 26.4 Å². The number of aromatic nitrogens is 2. The van der Waals surface area contributed by atoms with E-state index in [1.807, 2.05) is 0 Å². The highest BCUT2D eigenvalue weighted by Gasteiger charge is 2.31. The predicted octanol–water partition coefficient (Wildman–Crippen LogP) is 3.46. The first kappa shape index (κ1) is 22.5. The lowest BCUT2D eigenvalue weighted by atomic mass is 10.2. The number of aryl methyl sites for hydroxylation is 1. The van der Waals surface area contributed by atoms with Gasteiger partial charge in [0.05, 0.1) is 28.4 Å². The second-order valence-corrected chi connectivity index (χ2v) is 8.80. The first-order chi connectivity index (χ1) is 14.5. The lowest BCUT2D eigenvalue weighted by Crippen LogP contribution is -2.35. The van der Waals surface area contributed by atoms with Crippen molar-refractivity contribution in [2.45, 2.75) is 18.0 Å². The second-order valence-electron chi connectivity index (χ2n) is 6.75. The van der Waals surface area contributed by atoms with Crippen molar-refractivity contribution in [2.24, 2.45) is 0 Å². The maximum atomic E-state index is 13.0. The molecule has 0 aliphatic carbocycles. The number of hydrogen-bond acceptors (Lipinski definition) is 4. The van der Waals surface area contributed by atoms with Crippen LogP contribution in [0.15, 0.2) is 65.6 Å². The minimum atomic E-state index is -4.53. The van der Waals surface area contributed by atoms with Gasteiger partial charge in [0.1, 0.15) is 5.82 Å². The number of amides is 1. The molecule has 2 aromatic carbocycles. The van der Waals surface area contributed by atoms with Crippen LogP contribution < -0.4 is 5.32 Å². The van der Waals surface area contributed by atoms with Gasteiger partial charge >= 0.3 is 6.18 Å². The Morgan fingerprint density at radius 2 is 1.77 bits per heavy atom. The third-order valence-electron chi connectivity index (χ3n) is 4.33. The number of hydrogen-bond donors (Lipinski definition) is 1. The molecule has 7 nitrogen and oxygen atoms in total. The Labute approximate surface area is 177 Å². The van der Waals surface area contributed by atoms with E-state index in [1.165, 1.54) is 37.4 Å². The number of benzene rings is 2. The molecule has 164 valence electrons. The Morgan fingerprint density at radius 1 is 1.10 bits per heavy atom. The van der Waals surface area contributed by atoms with Gasteiger partial charge in [0.2, 0.25) is 15.9 Å². The van der Waals surface area contributed by atoms with Gasteiger partial charge in [-0.05, 0) is 37.3 Å². The molecular weight excluding hydrogens is 433 g/mol. The molecular formula is C20H19F3N4O3S. The molecule has 1 amide bonds. The number of sulfonamides is 1. The van der Waals surface area contributed by atoms with E-state index >= 15 is 0 Å². The van der Waals surface area contributed by atoms with Crippen molar-refractivity contribution < 1.29 is 26.4 Å². The normalized spacial score (nSPS) is 12.2. The third-order valence-corrected chi connectivity index (χ3v) is 6.15. The van der Waals surface area contributed by atoms with Gasteiger partial charge in [-0.25, -0.2) is 13.1 Å². The number of anilines is 1. The summed E-state index contributed by atoms with van der Waals surface area (Å²) in [4.78, 5) is 12.5. The fourth-order valence-corrected chi connectivity index (χ4v) is 3.99. The van der Waals surface area contributed by atoms with Crippen LogP contribution in [0.5, 0.6) is 0 Å². The van der Waals surface area contributed by atoms with Gasteiger partial charge in [-0.15, -0.1) is 0 Å². The van der Waals surface area contributed by atoms with Crippen molar-refractivity contribution in [1.82, 2.24) is 14.1 Å². The predicted molar refractivity (Wildman–Crippen MR) is 108 cm³/mol. The van der Waals surface area contributed by atoms with Gasteiger partial charge in [0.25, 0.3) is 0 Å². The maximum Gasteiger partial charge on any atom is 0.416 e. The fraction of sp³-hybridized carbons (Fsp3) is 0.200. The zero-order valence-electron chi connectivity index (χ0n) is 16.6. The maximum absolute atomic E-state index is 13.0. The molecule has 1 aromatic heterocycles. The van der Waals surface area contributed by atoms with Crippen LogP contribution in [0.25, 0.3) is 5.69 Å². The van der Waals surface area contributed by atoms with Crippen molar-refractivity contribution in [3.63, 3.8) is 0 Å². The number of rotatable bonds is 6. The molecule has 0 radical (unpaired) electrons. The quantitative estimate of drug-likeness (QED) is 0.621. The summed E-state index contributed by atoms with van der Waals surface area (Å²) in [7, 11) is -2.62. The number of carbonyl (C=O) groups excluding carboxylic acids is 1. The minimum Gasteiger partial charge on any atom is -0.309 e. The summed E-state index contributed by atoms with van der Waals surface area (Å²) >= 11 is 0. The highest BCUT2D eigenvalue weighted by atomic mass is 32.2. The number of nitrogens with zero attached hydrogens (tertiary/aromatic N) is 3. The zero-order valence-corrected chi connectivity index (χ0v) is 17.4. The van der Waals surface area contributed by atoms with Gasteiger partial charge < -0.3 is 5.32 Å². The van der Waals surface area contributed by atoms with Crippen molar-refractivity contribution in [3.05, 3.63) is 71.9 Å². The molecule has 1 N–H and O–H groups in total. The second kappa shape index (κ2) is 8.52. The molecule has 11 heteroatoms. The summed E-state index contributed by atoms with van der Waals surface area (Å²) in [6.07, 6.45) is -4.53. The molecule has 0 aliphatic rings.